The Morgan fingerprint density at radius 1 is 1.62 bits per heavy atom. The summed E-state index contributed by atoms with van der Waals surface area (Å²) in [5, 5.41) is 6.71. The van der Waals surface area contributed by atoms with Gasteiger partial charge in [0.25, 0.3) is 0 Å². The SMILES string of the molecule is CNC(=S)Nc1ncc(C)cc1Cl. The molecule has 0 saturated carbocycles. The van der Waals surface area contributed by atoms with Gasteiger partial charge in [-0.1, -0.05) is 11.6 Å². The third-order valence-corrected chi connectivity index (χ3v) is 2.03. The number of hydrogen-bond acceptors (Lipinski definition) is 2. The molecule has 0 spiro atoms. The van der Waals surface area contributed by atoms with E-state index in [0.717, 1.165) is 5.56 Å². The van der Waals surface area contributed by atoms with Crippen LogP contribution in [0.25, 0.3) is 0 Å². The van der Waals surface area contributed by atoms with E-state index in [1.807, 2.05) is 13.0 Å². The lowest BCUT2D eigenvalue weighted by Crippen LogP contribution is -2.24. The van der Waals surface area contributed by atoms with Crippen molar-refractivity contribution in [1.82, 2.24) is 10.3 Å². The van der Waals surface area contributed by atoms with Gasteiger partial charge >= 0.3 is 0 Å². The molecule has 0 aromatic carbocycles. The van der Waals surface area contributed by atoms with E-state index in [1.54, 1.807) is 13.2 Å². The summed E-state index contributed by atoms with van der Waals surface area (Å²) in [7, 11) is 1.73. The monoisotopic (exact) mass is 215 g/mol. The molecule has 2 N–H and O–H groups in total. The van der Waals surface area contributed by atoms with Gasteiger partial charge in [0.15, 0.2) is 10.9 Å². The fourth-order valence-corrected chi connectivity index (χ4v) is 1.16. The molecule has 1 aromatic rings. The molecule has 13 heavy (non-hydrogen) atoms. The van der Waals surface area contributed by atoms with Crippen LogP contribution in [0, 0.1) is 6.92 Å². The minimum absolute atomic E-state index is 0.498. The molecule has 3 nitrogen and oxygen atoms in total. The van der Waals surface area contributed by atoms with Gasteiger partial charge in [0, 0.05) is 13.2 Å². The van der Waals surface area contributed by atoms with Crippen molar-refractivity contribution >= 4 is 34.7 Å². The molecule has 0 saturated heterocycles. The Morgan fingerprint density at radius 3 is 2.85 bits per heavy atom. The topological polar surface area (TPSA) is 37.0 Å². The second-order valence-corrected chi connectivity index (χ2v) is 3.36. The predicted molar refractivity (Wildman–Crippen MR) is 59.3 cm³/mol. The van der Waals surface area contributed by atoms with Crippen molar-refractivity contribution in [1.29, 1.82) is 0 Å². The highest BCUT2D eigenvalue weighted by molar-refractivity contribution is 7.80. The van der Waals surface area contributed by atoms with Crippen molar-refractivity contribution in [3.05, 3.63) is 22.8 Å². The summed E-state index contributed by atoms with van der Waals surface area (Å²) >= 11 is 10.8. The predicted octanol–water partition coefficient (Wildman–Crippen LogP) is 1.96. The van der Waals surface area contributed by atoms with E-state index in [0.29, 0.717) is 16.0 Å². The first-order chi connectivity index (χ1) is 6.13. The Balaban J connectivity index is 2.83. The lowest BCUT2D eigenvalue weighted by atomic mass is 10.3. The fraction of sp³-hybridized carbons (Fsp3) is 0.250. The molecule has 0 bridgehead atoms. The van der Waals surface area contributed by atoms with Crippen molar-refractivity contribution in [2.75, 3.05) is 12.4 Å². The van der Waals surface area contributed by atoms with Gasteiger partial charge in [-0.25, -0.2) is 4.98 Å². The van der Waals surface area contributed by atoms with Crippen LogP contribution >= 0.6 is 23.8 Å². The number of hydrogen-bond donors (Lipinski definition) is 2. The first-order valence-electron chi connectivity index (χ1n) is 3.74. The van der Waals surface area contributed by atoms with Crippen LogP contribution in [0.5, 0.6) is 0 Å². The first kappa shape index (κ1) is 10.2. The Kier molecular flexibility index (Phi) is 3.45. The Labute approximate surface area is 87.5 Å². The zero-order chi connectivity index (χ0) is 9.84. The van der Waals surface area contributed by atoms with Crippen molar-refractivity contribution in [3.63, 3.8) is 0 Å². The van der Waals surface area contributed by atoms with Gasteiger partial charge in [0.1, 0.15) is 0 Å². The van der Waals surface area contributed by atoms with Crippen molar-refractivity contribution < 1.29 is 0 Å². The molecule has 0 aliphatic heterocycles. The van der Waals surface area contributed by atoms with Crippen LogP contribution in [-0.2, 0) is 0 Å². The van der Waals surface area contributed by atoms with Crippen LogP contribution in [0.15, 0.2) is 12.3 Å². The maximum atomic E-state index is 5.92. The van der Waals surface area contributed by atoms with Gasteiger partial charge in [-0.2, -0.15) is 0 Å². The summed E-state index contributed by atoms with van der Waals surface area (Å²) in [4.78, 5) is 4.10. The van der Waals surface area contributed by atoms with E-state index < -0.39 is 0 Å². The molecule has 5 heteroatoms. The number of aromatic nitrogens is 1. The van der Waals surface area contributed by atoms with Crippen molar-refractivity contribution in [2.45, 2.75) is 6.92 Å². The summed E-state index contributed by atoms with van der Waals surface area (Å²) in [5.41, 5.74) is 1.02. The highest BCUT2D eigenvalue weighted by atomic mass is 35.5. The van der Waals surface area contributed by atoms with Gasteiger partial charge in [-0.15, -0.1) is 0 Å². The molecule has 0 aliphatic rings. The number of halogens is 1. The van der Waals surface area contributed by atoms with Crippen molar-refractivity contribution in [2.24, 2.45) is 0 Å². The number of pyridine rings is 1. The van der Waals surface area contributed by atoms with Gasteiger partial charge < -0.3 is 10.6 Å². The largest absolute Gasteiger partial charge is 0.365 e. The van der Waals surface area contributed by atoms with E-state index in [1.165, 1.54) is 0 Å². The second kappa shape index (κ2) is 4.39. The molecular weight excluding hydrogens is 206 g/mol. The van der Waals surface area contributed by atoms with E-state index in [2.05, 4.69) is 15.6 Å². The molecule has 70 valence electrons. The molecule has 0 aliphatic carbocycles. The quantitative estimate of drug-likeness (QED) is 0.703. The molecule has 1 heterocycles. The van der Waals surface area contributed by atoms with Gasteiger partial charge in [-0.05, 0) is 30.8 Å². The van der Waals surface area contributed by atoms with Crippen LogP contribution < -0.4 is 10.6 Å². The lowest BCUT2D eigenvalue weighted by molar-refractivity contribution is 1.18. The molecule has 1 rings (SSSR count). The Hall–Kier alpha value is -0.870. The van der Waals surface area contributed by atoms with Crippen molar-refractivity contribution in [3.8, 4) is 0 Å². The van der Waals surface area contributed by atoms with E-state index >= 15 is 0 Å². The molecular formula is C8H10ClN3S. The zero-order valence-corrected chi connectivity index (χ0v) is 8.96. The van der Waals surface area contributed by atoms with Gasteiger partial charge in [-0.3, -0.25) is 0 Å². The van der Waals surface area contributed by atoms with Gasteiger partial charge in [0.2, 0.25) is 0 Å². The van der Waals surface area contributed by atoms with Gasteiger partial charge in [0.05, 0.1) is 5.02 Å². The van der Waals surface area contributed by atoms with Crippen LogP contribution in [0.3, 0.4) is 0 Å². The summed E-state index contributed by atoms with van der Waals surface area (Å²) in [6.45, 7) is 1.93. The van der Waals surface area contributed by atoms with E-state index in [-0.39, 0.29) is 0 Å². The highest BCUT2D eigenvalue weighted by Crippen LogP contribution is 2.19. The second-order valence-electron chi connectivity index (χ2n) is 2.55. The molecule has 0 unspecified atom stereocenters. The molecule has 0 fully saturated rings. The van der Waals surface area contributed by atoms with Crippen LogP contribution in [0.4, 0.5) is 5.82 Å². The molecule has 0 atom stereocenters. The normalized spacial score (nSPS) is 9.46. The average molecular weight is 216 g/mol. The van der Waals surface area contributed by atoms with Crippen LogP contribution in [-0.4, -0.2) is 17.1 Å². The number of rotatable bonds is 1. The minimum Gasteiger partial charge on any atom is -0.365 e. The smallest absolute Gasteiger partial charge is 0.171 e. The molecule has 0 radical (unpaired) electrons. The summed E-state index contributed by atoms with van der Waals surface area (Å²) in [6, 6.07) is 1.83. The number of nitrogens with one attached hydrogen (secondary N) is 2. The zero-order valence-electron chi connectivity index (χ0n) is 7.39. The Bertz CT molecular complexity index is 327. The number of aryl methyl sites for hydroxylation is 1. The number of thiocarbonyl (C=S) groups is 1. The fourth-order valence-electron chi connectivity index (χ4n) is 0.796. The van der Waals surface area contributed by atoms with Crippen LogP contribution in [0.2, 0.25) is 5.02 Å². The molecule has 1 aromatic heterocycles. The minimum atomic E-state index is 0.498. The maximum absolute atomic E-state index is 5.92. The maximum Gasteiger partial charge on any atom is 0.171 e. The first-order valence-corrected chi connectivity index (χ1v) is 4.53. The summed E-state index contributed by atoms with van der Waals surface area (Å²) < 4.78 is 0. The lowest BCUT2D eigenvalue weighted by Gasteiger charge is -2.07. The van der Waals surface area contributed by atoms with E-state index in [9.17, 15) is 0 Å². The Morgan fingerprint density at radius 2 is 2.31 bits per heavy atom. The standard InChI is InChI=1S/C8H10ClN3S/c1-5-3-6(9)7(11-4-5)12-8(13)10-2/h3-4H,1-2H3,(H2,10,11,12,13). The number of anilines is 1. The molecule has 0 amide bonds. The summed E-state index contributed by atoms with van der Waals surface area (Å²) in [5.74, 6) is 0.576. The van der Waals surface area contributed by atoms with E-state index in [4.69, 9.17) is 23.8 Å². The third-order valence-electron chi connectivity index (χ3n) is 1.44. The summed E-state index contributed by atoms with van der Waals surface area (Å²) in [6.07, 6.45) is 1.73. The highest BCUT2D eigenvalue weighted by Gasteiger charge is 2.02. The third kappa shape index (κ3) is 2.82. The average Bonchev–Trinajstić information content (AvgIpc) is 2.09. The number of nitrogens with zero attached hydrogens (tertiary/aromatic N) is 1. The van der Waals surface area contributed by atoms with Crippen LogP contribution in [0.1, 0.15) is 5.56 Å².